The van der Waals surface area contributed by atoms with Gasteiger partial charge in [-0.1, -0.05) is 6.07 Å². The van der Waals surface area contributed by atoms with Crippen molar-refractivity contribution in [1.29, 1.82) is 0 Å². The first-order valence-corrected chi connectivity index (χ1v) is 4.00. The summed E-state index contributed by atoms with van der Waals surface area (Å²) >= 11 is 0. The maximum Gasteiger partial charge on any atom is 0.0538 e. The van der Waals surface area contributed by atoms with E-state index in [1.807, 2.05) is 6.07 Å². The normalized spacial score (nSPS) is 14.7. The SMILES string of the molecule is N/N=C/c1ccc2c(c1)CCN2. The molecule has 0 fully saturated rings. The van der Waals surface area contributed by atoms with Gasteiger partial charge in [0, 0.05) is 12.2 Å². The van der Waals surface area contributed by atoms with Crippen LogP contribution in [0.25, 0.3) is 0 Å². The van der Waals surface area contributed by atoms with Gasteiger partial charge in [-0.2, -0.15) is 5.10 Å². The summed E-state index contributed by atoms with van der Waals surface area (Å²) < 4.78 is 0. The lowest BCUT2D eigenvalue weighted by atomic mass is 10.1. The minimum atomic E-state index is 1.04. The molecular formula is C9H11N3. The van der Waals surface area contributed by atoms with Gasteiger partial charge in [0.2, 0.25) is 0 Å². The summed E-state index contributed by atoms with van der Waals surface area (Å²) in [5.74, 6) is 5.06. The Morgan fingerprint density at radius 1 is 1.50 bits per heavy atom. The van der Waals surface area contributed by atoms with Gasteiger partial charge in [0.15, 0.2) is 0 Å². The third-order valence-corrected chi connectivity index (χ3v) is 2.06. The van der Waals surface area contributed by atoms with E-state index in [-0.39, 0.29) is 0 Å². The van der Waals surface area contributed by atoms with Crippen LogP contribution in [0.3, 0.4) is 0 Å². The van der Waals surface area contributed by atoms with Crippen molar-refractivity contribution in [3.05, 3.63) is 29.3 Å². The Kier molecular flexibility index (Phi) is 1.70. The molecule has 0 radical (unpaired) electrons. The fraction of sp³-hybridized carbons (Fsp3) is 0.222. The molecule has 1 aromatic rings. The van der Waals surface area contributed by atoms with Crippen LogP contribution in [0.1, 0.15) is 11.1 Å². The van der Waals surface area contributed by atoms with Crippen molar-refractivity contribution >= 4 is 11.9 Å². The highest BCUT2D eigenvalue weighted by molar-refractivity contribution is 5.81. The van der Waals surface area contributed by atoms with Crippen LogP contribution in [-0.4, -0.2) is 12.8 Å². The van der Waals surface area contributed by atoms with E-state index in [9.17, 15) is 0 Å². The summed E-state index contributed by atoms with van der Waals surface area (Å²) in [6, 6.07) is 6.19. The van der Waals surface area contributed by atoms with Crippen molar-refractivity contribution in [2.24, 2.45) is 10.9 Å². The number of rotatable bonds is 1. The summed E-state index contributed by atoms with van der Waals surface area (Å²) in [4.78, 5) is 0. The van der Waals surface area contributed by atoms with Gasteiger partial charge in [-0.15, -0.1) is 0 Å². The van der Waals surface area contributed by atoms with Crippen LogP contribution >= 0.6 is 0 Å². The van der Waals surface area contributed by atoms with E-state index in [1.165, 1.54) is 11.3 Å². The van der Waals surface area contributed by atoms with Gasteiger partial charge in [0.05, 0.1) is 6.21 Å². The molecule has 2 rings (SSSR count). The highest BCUT2D eigenvalue weighted by Gasteiger charge is 2.08. The van der Waals surface area contributed by atoms with Crippen molar-refractivity contribution in [3.63, 3.8) is 0 Å². The second kappa shape index (κ2) is 2.85. The van der Waals surface area contributed by atoms with Crippen LogP contribution < -0.4 is 11.2 Å². The number of nitrogens with zero attached hydrogens (tertiary/aromatic N) is 1. The van der Waals surface area contributed by atoms with E-state index in [1.54, 1.807) is 6.21 Å². The zero-order chi connectivity index (χ0) is 8.39. The summed E-state index contributed by atoms with van der Waals surface area (Å²) in [6.45, 7) is 1.04. The molecule has 12 heavy (non-hydrogen) atoms. The van der Waals surface area contributed by atoms with Gasteiger partial charge in [-0.25, -0.2) is 0 Å². The molecule has 0 saturated carbocycles. The maximum atomic E-state index is 5.06. The number of hydrazone groups is 1. The number of fused-ring (bicyclic) bond motifs is 1. The maximum absolute atomic E-state index is 5.06. The van der Waals surface area contributed by atoms with Crippen molar-refractivity contribution in [3.8, 4) is 0 Å². The molecule has 0 aliphatic carbocycles. The van der Waals surface area contributed by atoms with Crippen molar-refractivity contribution in [2.45, 2.75) is 6.42 Å². The van der Waals surface area contributed by atoms with Crippen molar-refractivity contribution < 1.29 is 0 Å². The summed E-state index contributed by atoms with van der Waals surface area (Å²) in [5, 5.41) is 6.78. The first kappa shape index (κ1) is 7.16. The number of hydrogen-bond donors (Lipinski definition) is 2. The Morgan fingerprint density at radius 2 is 2.42 bits per heavy atom. The average molecular weight is 161 g/mol. The first-order valence-electron chi connectivity index (χ1n) is 4.00. The van der Waals surface area contributed by atoms with E-state index in [4.69, 9.17) is 5.84 Å². The number of benzene rings is 1. The fourth-order valence-electron chi connectivity index (χ4n) is 1.49. The molecule has 0 atom stereocenters. The molecule has 0 aromatic heterocycles. The van der Waals surface area contributed by atoms with E-state index < -0.39 is 0 Å². The standard InChI is InChI=1S/C9H11N3/c10-12-6-7-1-2-9-8(5-7)3-4-11-9/h1-2,5-6,11H,3-4,10H2/b12-6+. The van der Waals surface area contributed by atoms with Gasteiger partial charge in [-0.05, 0) is 29.7 Å². The quantitative estimate of drug-likeness (QED) is 0.366. The lowest BCUT2D eigenvalue weighted by molar-refractivity contribution is 1.11. The molecule has 62 valence electrons. The van der Waals surface area contributed by atoms with Crippen molar-refractivity contribution in [1.82, 2.24) is 0 Å². The van der Waals surface area contributed by atoms with Crippen LogP contribution in [0.5, 0.6) is 0 Å². The third-order valence-electron chi connectivity index (χ3n) is 2.06. The van der Waals surface area contributed by atoms with Crippen molar-refractivity contribution in [2.75, 3.05) is 11.9 Å². The zero-order valence-corrected chi connectivity index (χ0v) is 6.75. The first-order chi connectivity index (χ1) is 5.90. The van der Waals surface area contributed by atoms with E-state index in [0.29, 0.717) is 0 Å². The van der Waals surface area contributed by atoms with Crippen LogP contribution in [0, 0.1) is 0 Å². The summed E-state index contributed by atoms with van der Waals surface area (Å²) in [7, 11) is 0. The second-order valence-electron chi connectivity index (χ2n) is 2.87. The van der Waals surface area contributed by atoms with E-state index in [0.717, 1.165) is 18.5 Å². The van der Waals surface area contributed by atoms with Crippen LogP contribution in [0.15, 0.2) is 23.3 Å². The van der Waals surface area contributed by atoms with Gasteiger partial charge < -0.3 is 11.2 Å². The van der Waals surface area contributed by atoms with Crippen LogP contribution in [0.4, 0.5) is 5.69 Å². The molecule has 1 heterocycles. The number of nitrogens with two attached hydrogens (primary N) is 1. The predicted molar refractivity (Wildman–Crippen MR) is 50.4 cm³/mol. The topological polar surface area (TPSA) is 50.4 Å². The molecule has 0 spiro atoms. The third kappa shape index (κ3) is 1.13. The van der Waals surface area contributed by atoms with E-state index >= 15 is 0 Å². The second-order valence-corrected chi connectivity index (χ2v) is 2.87. The molecule has 0 saturated heterocycles. The Labute approximate surface area is 71.3 Å². The molecule has 3 heteroatoms. The summed E-state index contributed by atoms with van der Waals surface area (Å²) in [6.07, 6.45) is 2.76. The average Bonchev–Trinajstić information content (AvgIpc) is 2.51. The highest BCUT2D eigenvalue weighted by atomic mass is 15.1. The van der Waals surface area contributed by atoms with Gasteiger partial charge in [0.25, 0.3) is 0 Å². The minimum Gasteiger partial charge on any atom is -0.384 e. The molecule has 1 aromatic carbocycles. The van der Waals surface area contributed by atoms with Crippen LogP contribution in [0.2, 0.25) is 0 Å². The zero-order valence-electron chi connectivity index (χ0n) is 6.75. The fourth-order valence-corrected chi connectivity index (χ4v) is 1.49. The largest absolute Gasteiger partial charge is 0.384 e. The molecular weight excluding hydrogens is 150 g/mol. The number of anilines is 1. The lowest BCUT2D eigenvalue weighted by Gasteiger charge is -1.99. The lowest BCUT2D eigenvalue weighted by Crippen LogP contribution is -1.90. The highest BCUT2D eigenvalue weighted by Crippen LogP contribution is 2.22. The molecule has 1 aliphatic heterocycles. The predicted octanol–water partition coefficient (Wildman–Crippen LogP) is 0.947. The molecule has 3 N–H and O–H groups in total. The van der Waals surface area contributed by atoms with Gasteiger partial charge in [0.1, 0.15) is 0 Å². The monoisotopic (exact) mass is 161 g/mol. The molecule has 0 amide bonds. The summed E-state index contributed by atoms with van der Waals surface area (Å²) in [5.41, 5.74) is 3.66. The van der Waals surface area contributed by atoms with Crippen LogP contribution in [-0.2, 0) is 6.42 Å². The molecule has 1 aliphatic rings. The van der Waals surface area contributed by atoms with E-state index in [2.05, 4.69) is 22.6 Å². The van der Waals surface area contributed by atoms with Gasteiger partial charge >= 0.3 is 0 Å². The Balaban J connectivity index is 2.38. The molecule has 3 nitrogen and oxygen atoms in total. The molecule has 0 bridgehead atoms. The smallest absolute Gasteiger partial charge is 0.0538 e. The minimum absolute atomic E-state index is 1.04. The Bertz CT molecular complexity index is 318. The Morgan fingerprint density at radius 3 is 3.25 bits per heavy atom. The molecule has 0 unspecified atom stereocenters. The number of hydrogen-bond acceptors (Lipinski definition) is 3. The Hall–Kier alpha value is -1.51. The number of nitrogens with one attached hydrogen (secondary N) is 1. The van der Waals surface area contributed by atoms with Gasteiger partial charge in [-0.3, -0.25) is 0 Å².